The number of nitrogens with zero attached hydrogens (tertiary/aromatic N) is 4. The van der Waals surface area contributed by atoms with E-state index < -0.39 is 0 Å². The molecule has 2 heterocycles. The highest BCUT2D eigenvalue weighted by molar-refractivity contribution is 5.85. The molecule has 1 aliphatic rings. The van der Waals surface area contributed by atoms with Crippen molar-refractivity contribution in [2.75, 3.05) is 32.7 Å². The highest BCUT2D eigenvalue weighted by Crippen LogP contribution is 2.31. The van der Waals surface area contributed by atoms with Crippen molar-refractivity contribution >= 4 is 22.3 Å². The summed E-state index contributed by atoms with van der Waals surface area (Å²) >= 11 is 0. The average Bonchev–Trinajstić information content (AvgIpc) is 3.30. The smallest absolute Gasteiger partial charge is 0.138 e. The molecule has 5 heteroatoms. The van der Waals surface area contributed by atoms with Gasteiger partial charge in [-0.1, -0.05) is 49.6 Å². The summed E-state index contributed by atoms with van der Waals surface area (Å²) < 4.78 is 0. The molecule has 0 unspecified atom stereocenters. The molecule has 1 aliphatic heterocycles. The first-order valence-corrected chi connectivity index (χ1v) is 12.6. The first-order valence-electron chi connectivity index (χ1n) is 12.6. The number of hydrogen-bond acceptors (Lipinski definition) is 4. The van der Waals surface area contributed by atoms with Crippen LogP contribution in [0.4, 0.5) is 0 Å². The van der Waals surface area contributed by atoms with Gasteiger partial charge in [0.05, 0.1) is 17.1 Å². The monoisotopic (exact) mass is 477 g/mol. The normalized spacial score (nSPS) is 14.9. The number of aromatic amines is 1. The fourth-order valence-corrected chi connectivity index (χ4v) is 4.91. The Balaban J connectivity index is 1.61. The van der Waals surface area contributed by atoms with E-state index in [2.05, 4.69) is 90.3 Å². The molecular weight excluding hydrogens is 442 g/mol. The number of imidazole rings is 1. The van der Waals surface area contributed by atoms with Crippen molar-refractivity contribution in [3.05, 3.63) is 90.0 Å². The van der Waals surface area contributed by atoms with Gasteiger partial charge in [0.1, 0.15) is 5.82 Å². The number of benzene rings is 2. The van der Waals surface area contributed by atoms with Crippen molar-refractivity contribution in [1.82, 2.24) is 19.8 Å². The van der Waals surface area contributed by atoms with E-state index in [0.29, 0.717) is 6.42 Å². The van der Waals surface area contributed by atoms with Gasteiger partial charge in [-0.15, -0.1) is 0 Å². The van der Waals surface area contributed by atoms with E-state index in [0.717, 1.165) is 72.0 Å². The van der Waals surface area contributed by atoms with E-state index in [1.807, 2.05) is 19.1 Å². The van der Waals surface area contributed by atoms with Crippen molar-refractivity contribution in [3.63, 3.8) is 0 Å². The summed E-state index contributed by atoms with van der Waals surface area (Å²) in [5.74, 6) is 0.871. The minimum Gasteiger partial charge on any atom is -0.369 e. The van der Waals surface area contributed by atoms with Crippen LogP contribution in [0.3, 0.4) is 0 Å². The first-order chi connectivity index (χ1) is 17.4. The standard InChI is InChI=1S/C31H35N5/c1-6-9-25(10-7-2)27-21-28(23(4)19-22(27)3)31-33-29-12-11-26(20-30(29)34-31)24(5)36-17-15-35(16-18-36)14-8-13-32/h6-7,9-12,19-21H,1,5,8,14-18H2,2-4H3,(H,33,34)/b10-7-,25-9+. The average molecular weight is 478 g/mol. The molecular formula is C31H35N5. The fraction of sp³-hybridized carbons (Fsp3) is 0.290. The van der Waals surface area contributed by atoms with Crippen LogP contribution in [0.15, 0.2) is 67.8 Å². The highest BCUT2D eigenvalue weighted by Gasteiger charge is 2.19. The maximum Gasteiger partial charge on any atom is 0.138 e. The maximum atomic E-state index is 8.84. The molecule has 0 spiro atoms. The van der Waals surface area contributed by atoms with Gasteiger partial charge in [0.2, 0.25) is 0 Å². The summed E-state index contributed by atoms with van der Waals surface area (Å²) in [7, 11) is 0. The second kappa shape index (κ2) is 11.2. The van der Waals surface area contributed by atoms with Crippen molar-refractivity contribution < 1.29 is 0 Å². The van der Waals surface area contributed by atoms with E-state index in [4.69, 9.17) is 10.2 Å². The van der Waals surface area contributed by atoms with Gasteiger partial charge in [0.15, 0.2) is 0 Å². The molecule has 0 radical (unpaired) electrons. The third-order valence-corrected chi connectivity index (χ3v) is 6.89. The molecule has 1 saturated heterocycles. The summed E-state index contributed by atoms with van der Waals surface area (Å²) in [6.07, 6.45) is 8.62. The number of hydrogen-bond donors (Lipinski definition) is 1. The minimum absolute atomic E-state index is 0.586. The predicted molar refractivity (Wildman–Crippen MR) is 151 cm³/mol. The second-order valence-electron chi connectivity index (χ2n) is 9.34. The highest BCUT2D eigenvalue weighted by atomic mass is 15.3. The Morgan fingerprint density at radius 1 is 1.14 bits per heavy atom. The summed E-state index contributed by atoms with van der Waals surface area (Å²) in [6, 6.07) is 13.0. The quantitative estimate of drug-likeness (QED) is 0.377. The lowest BCUT2D eigenvalue weighted by atomic mass is 9.94. The number of nitrogens with one attached hydrogen (secondary N) is 1. The first kappa shape index (κ1) is 25.2. The van der Waals surface area contributed by atoms with Crippen LogP contribution in [0.1, 0.15) is 35.6 Å². The number of fused-ring (bicyclic) bond motifs is 1. The summed E-state index contributed by atoms with van der Waals surface area (Å²) in [5, 5.41) is 8.84. The van der Waals surface area contributed by atoms with Gasteiger partial charge in [-0.2, -0.15) is 5.26 Å². The van der Waals surface area contributed by atoms with Crippen LogP contribution in [-0.2, 0) is 0 Å². The molecule has 184 valence electrons. The minimum atomic E-state index is 0.586. The lowest BCUT2D eigenvalue weighted by molar-refractivity contribution is 0.179. The summed E-state index contributed by atoms with van der Waals surface area (Å²) in [5.41, 5.74) is 9.91. The zero-order valence-corrected chi connectivity index (χ0v) is 21.6. The van der Waals surface area contributed by atoms with Crippen LogP contribution >= 0.6 is 0 Å². The number of piperazine rings is 1. The van der Waals surface area contributed by atoms with Crippen molar-refractivity contribution in [1.29, 1.82) is 5.26 Å². The molecule has 0 saturated carbocycles. The Morgan fingerprint density at radius 3 is 2.61 bits per heavy atom. The van der Waals surface area contributed by atoms with Gasteiger partial charge in [0.25, 0.3) is 0 Å². The van der Waals surface area contributed by atoms with Crippen LogP contribution in [0, 0.1) is 25.2 Å². The molecule has 0 amide bonds. The van der Waals surface area contributed by atoms with E-state index in [9.17, 15) is 0 Å². The van der Waals surface area contributed by atoms with Gasteiger partial charge in [-0.25, -0.2) is 4.98 Å². The number of H-pyrrole nitrogens is 1. The molecule has 0 bridgehead atoms. The molecule has 0 atom stereocenters. The molecule has 2 aromatic carbocycles. The van der Waals surface area contributed by atoms with Crippen LogP contribution in [0.25, 0.3) is 33.7 Å². The third-order valence-electron chi connectivity index (χ3n) is 6.89. The van der Waals surface area contributed by atoms with Crippen LogP contribution in [-0.4, -0.2) is 52.5 Å². The maximum absolute atomic E-state index is 8.84. The summed E-state index contributed by atoms with van der Waals surface area (Å²) in [4.78, 5) is 13.2. The lowest BCUT2D eigenvalue weighted by Crippen LogP contribution is -2.45. The number of allylic oxidation sites excluding steroid dienone is 5. The molecule has 3 aromatic rings. The predicted octanol–water partition coefficient (Wildman–Crippen LogP) is 6.49. The number of aromatic nitrogens is 2. The van der Waals surface area contributed by atoms with Crippen molar-refractivity contribution in [2.24, 2.45) is 0 Å². The van der Waals surface area contributed by atoms with Crippen molar-refractivity contribution in [3.8, 4) is 17.5 Å². The Kier molecular flexibility index (Phi) is 7.87. The van der Waals surface area contributed by atoms with Gasteiger partial charge in [-0.3, -0.25) is 4.90 Å². The van der Waals surface area contributed by atoms with E-state index >= 15 is 0 Å². The molecule has 1 aromatic heterocycles. The zero-order chi connectivity index (χ0) is 25.7. The van der Waals surface area contributed by atoms with Gasteiger partial charge in [0, 0.05) is 50.4 Å². The van der Waals surface area contributed by atoms with Gasteiger partial charge in [-0.05, 0) is 66.8 Å². The molecule has 1 fully saturated rings. The van der Waals surface area contributed by atoms with E-state index in [1.165, 1.54) is 16.7 Å². The second-order valence-corrected chi connectivity index (χ2v) is 9.34. The van der Waals surface area contributed by atoms with Crippen LogP contribution in [0.5, 0.6) is 0 Å². The number of nitriles is 1. The van der Waals surface area contributed by atoms with Crippen molar-refractivity contribution in [2.45, 2.75) is 27.2 Å². The molecule has 4 rings (SSSR count). The Morgan fingerprint density at radius 2 is 1.92 bits per heavy atom. The molecule has 36 heavy (non-hydrogen) atoms. The van der Waals surface area contributed by atoms with E-state index in [-0.39, 0.29) is 0 Å². The van der Waals surface area contributed by atoms with E-state index in [1.54, 1.807) is 0 Å². The zero-order valence-electron chi connectivity index (χ0n) is 21.6. The molecule has 5 nitrogen and oxygen atoms in total. The fourth-order valence-electron chi connectivity index (χ4n) is 4.91. The van der Waals surface area contributed by atoms with Crippen LogP contribution in [0.2, 0.25) is 0 Å². The number of rotatable bonds is 8. The largest absolute Gasteiger partial charge is 0.369 e. The molecule has 0 aliphatic carbocycles. The van der Waals surface area contributed by atoms with Gasteiger partial charge >= 0.3 is 0 Å². The van der Waals surface area contributed by atoms with Gasteiger partial charge < -0.3 is 9.88 Å². The third kappa shape index (κ3) is 5.35. The Hall–Kier alpha value is -3.88. The lowest BCUT2D eigenvalue weighted by Gasteiger charge is -2.36. The van der Waals surface area contributed by atoms with Crippen LogP contribution < -0.4 is 0 Å². The summed E-state index contributed by atoms with van der Waals surface area (Å²) in [6.45, 7) is 19.2. The molecule has 1 N–H and O–H groups in total. The Labute approximate surface area is 214 Å². The topological polar surface area (TPSA) is 59.0 Å². The SMILES string of the molecule is C=C/C=C(\C=C/C)c1cc(-c2nc3ccc(C(=C)N4CCN(CCC#N)CC4)cc3[nH]2)c(C)cc1C. The number of aryl methyl sites for hydroxylation is 2. The Bertz CT molecular complexity index is 1370.